The average molecular weight is 386 g/mol. The summed E-state index contributed by atoms with van der Waals surface area (Å²) >= 11 is 0. The first-order valence-electron chi connectivity index (χ1n) is 9.35. The minimum Gasteiger partial charge on any atom is -0.493 e. The van der Waals surface area contributed by atoms with E-state index in [1.54, 1.807) is 24.3 Å². The van der Waals surface area contributed by atoms with Crippen LogP contribution < -0.4 is 14.8 Å². The van der Waals surface area contributed by atoms with Gasteiger partial charge in [0.25, 0.3) is 5.91 Å². The maximum atomic E-state index is 12.0. The standard InChI is InChI=1S/C21H26N2O5/c1-15-5-3-4-6-17(15)23-20(24)14-28-21(25)10-8-16-7-9-18(27-12-11-22)19(13-16)26-2/h7-10,13,15,17H,3-6,12,14H2,1-2H3,(H,23,24)/b10-8+/t15-,17-/m1/s1. The van der Waals surface area contributed by atoms with Crippen molar-refractivity contribution >= 4 is 18.0 Å². The number of amides is 1. The lowest BCUT2D eigenvalue weighted by molar-refractivity contribution is -0.144. The Kier molecular flexibility index (Phi) is 8.35. The largest absolute Gasteiger partial charge is 0.493 e. The number of esters is 1. The van der Waals surface area contributed by atoms with E-state index in [0.717, 1.165) is 19.3 Å². The summed E-state index contributed by atoms with van der Waals surface area (Å²) in [5, 5.41) is 11.5. The van der Waals surface area contributed by atoms with Crippen LogP contribution in [0, 0.1) is 17.2 Å². The molecule has 2 atom stereocenters. The number of rotatable bonds is 8. The normalized spacial score (nSPS) is 18.9. The van der Waals surface area contributed by atoms with Crippen molar-refractivity contribution in [1.82, 2.24) is 5.32 Å². The third kappa shape index (κ3) is 6.62. The molecule has 1 fully saturated rings. The zero-order valence-corrected chi connectivity index (χ0v) is 16.3. The summed E-state index contributed by atoms with van der Waals surface area (Å²) in [6.45, 7) is 1.75. The van der Waals surface area contributed by atoms with Crippen LogP contribution in [0.4, 0.5) is 0 Å². The van der Waals surface area contributed by atoms with E-state index in [2.05, 4.69) is 12.2 Å². The number of carbonyl (C=O) groups is 2. The average Bonchev–Trinajstić information content (AvgIpc) is 2.71. The molecule has 1 aromatic carbocycles. The van der Waals surface area contributed by atoms with Gasteiger partial charge in [0.05, 0.1) is 7.11 Å². The second-order valence-electron chi connectivity index (χ2n) is 6.73. The van der Waals surface area contributed by atoms with Gasteiger partial charge in [0.2, 0.25) is 0 Å². The van der Waals surface area contributed by atoms with Crippen LogP contribution in [0.15, 0.2) is 24.3 Å². The summed E-state index contributed by atoms with van der Waals surface area (Å²) < 4.78 is 15.5. The Bertz CT molecular complexity index is 754. The second kappa shape index (κ2) is 11.0. The summed E-state index contributed by atoms with van der Waals surface area (Å²) in [4.78, 5) is 23.8. The van der Waals surface area contributed by atoms with Crippen LogP contribution in [0.3, 0.4) is 0 Å². The number of nitriles is 1. The summed E-state index contributed by atoms with van der Waals surface area (Å²) in [5.74, 6) is 0.462. The highest BCUT2D eigenvalue weighted by Gasteiger charge is 2.22. The molecule has 0 saturated heterocycles. The number of nitrogens with one attached hydrogen (secondary N) is 1. The molecule has 0 spiro atoms. The number of hydrogen-bond donors (Lipinski definition) is 1. The first-order valence-corrected chi connectivity index (χ1v) is 9.35. The van der Waals surface area contributed by atoms with Gasteiger partial charge in [-0.3, -0.25) is 4.79 Å². The quantitative estimate of drug-likeness (QED) is 0.545. The molecular formula is C21H26N2O5. The van der Waals surface area contributed by atoms with E-state index in [-0.39, 0.29) is 25.2 Å². The molecule has 7 nitrogen and oxygen atoms in total. The van der Waals surface area contributed by atoms with Crippen molar-refractivity contribution in [2.24, 2.45) is 5.92 Å². The van der Waals surface area contributed by atoms with Crippen LogP contribution in [0.2, 0.25) is 0 Å². The molecule has 1 saturated carbocycles. The zero-order valence-electron chi connectivity index (χ0n) is 16.3. The highest BCUT2D eigenvalue weighted by molar-refractivity contribution is 5.89. The van der Waals surface area contributed by atoms with Gasteiger partial charge in [0.15, 0.2) is 24.7 Å². The molecule has 1 N–H and O–H groups in total. The fourth-order valence-electron chi connectivity index (χ4n) is 3.15. The fraction of sp³-hybridized carbons (Fsp3) is 0.476. The molecule has 1 aromatic rings. The predicted molar refractivity (Wildman–Crippen MR) is 104 cm³/mol. The summed E-state index contributed by atoms with van der Waals surface area (Å²) in [7, 11) is 1.49. The van der Waals surface area contributed by atoms with Gasteiger partial charge >= 0.3 is 5.97 Å². The third-order valence-electron chi connectivity index (χ3n) is 4.70. The maximum Gasteiger partial charge on any atom is 0.331 e. The number of carbonyl (C=O) groups excluding carboxylic acids is 2. The lowest BCUT2D eigenvalue weighted by atomic mass is 9.86. The van der Waals surface area contributed by atoms with Gasteiger partial charge in [-0.05, 0) is 42.5 Å². The van der Waals surface area contributed by atoms with Crippen molar-refractivity contribution in [2.75, 3.05) is 20.3 Å². The molecule has 0 bridgehead atoms. The Balaban J connectivity index is 1.82. The smallest absolute Gasteiger partial charge is 0.331 e. The molecule has 7 heteroatoms. The number of nitrogens with zero attached hydrogens (tertiary/aromatic N) is 1. The van der Waals surface area contributed by atoms with Crippen LogP contribution >= 0.6 is 0 Å². The number of ether oxygens (including phenoxy) is 3. The Morgan fingerprint density at radius 3 is 2.79 bits per heavy atom. The number of methoxy groups -OCH3 is 1. The van der Waals surface area contributed by atoms with Crippen molar-refractivity contribution in [3.63, 3.8) is 0 Å². The van der Waals surface area contributed by atoms with Crippen molar-refractivity contribution in [3.05, 3.63) is 29.8 Å². The SMILES string of the molecule is COc1cc(/C=C/C(=O)OCC(=O)N[C@@H]2CCCC[C@H]2C)ccc1OCC#N. The van der Waals surface area contributed by atoms with E-state index in [1.807, 2.05) is 6.07 Å². The first kappa shape index (κ1) is 21.3. The van der Waals surface area contributed by atoms with E-state index in [9.17, 15) is 9.59 Å². The van der Waals surface area contributed by atoms with Gasteiger partial charge in [-0.2, -0.15) is 5.26 Å². The highest BCUT2D eigenvalue weighted by Crippen LogP contribution is 2.28. The van der Waals surface area contributed by atoms with Crippen molar-refractivity contribution in [3.8, 4) is 17.6 Å². The second-order valence-corrected chi connectivity index (χ2v) is 6.73. The molecule has 0 radical (unpaired) electrons. The van der Waals surface area contributed by atoms with Gasteiger partial charge in [-0.15, -0.1) is 0 Å². The van der Waals surface area contributed by atoms with E-state index < -0.39 is 5.97 Å². The number of benzene rings is 1. The van der Waals surface area contributed by atoms with E-state index in [1.165, 1.54) is 19.6 Å². The van der Waals surface area contributed by atoms with E-state index >= 15 is 0 Å². The van der Waals surface area contributed by atoms with Crippen LogP contribution in [-0.2, 0) is 14.3 Å². The molecule has 1 aliphatic rings. The Morgan fingerprint density at radius 2 is 2.07 bits per heavy atom. The minimum atomic E-state index is -0.601. The Hall–Kier alpha value is -3.01. The highest BCUT2D eigenvalue weighted by atomic mass is 16.5. The van der Waals surface area contributed by atoms with Gasteiger partial charge < -0.3 is 19.5 Å². The van der Waals surface area contributed by atoms with Gasteiger partial charge in [0.1, 0.15) is 6.07 Å². The fourth-order valence-corrected chi connectivity index (χ4v) is 3.15. The Labute approximate surface area is 165 Å². The van der Waals surface area contributed by atoms with Crippen molar-refractivity contribution in [1.29, 1.82) is 5.26 Å². The van der Waals surface area contributed by atoms with Gasteiger partial charge in [0, 0.05) is 12.1 Å². The van der Waals surface area contributed by atoms with Crippen LogP contribution in [0.5, 0.6) is 11.5 Å². The molecule has 2 rings (SSSR count). The number of hydrogen-bond acceptors (Lipinski definition) is 6. The molecule has 0 aromatic heterocycles. The molecule has 0 unspecified atom stereocenters. The molecule has 28 heavy (non-hydrogen) atoms. The first-order chi connectivity index (χ1) is 13.5. The minimum absolute atomic E-state index is 0.0838. The van der Waals surface area contributed by atoms with E-state index in [0.29, 0.717) is 23.0 Å². The van der Waals surface area contributed by atoms with Crippen LogP contribution in [-0.4, -0.2) is 38.2 Å². The van der Waals surface area contributed by atoms with Crippen LogP contribution in [0.25, 0.3) is 6.08 Å². The van der Waals surface area contributed by atoms with E-state index in [4.69, 9.17) is 19.5 Å². The monoisotopic (exact) mass is 386 g/mol. The molecule has 1 aliphatic carbocycles. The zero-order chi connectivity index (χ0) is 20.4. The molecular weight excluding hydrogens is 360 g/mol. The van der Waals surface area contributed by atoms with Gasteiger partial charge in [-0.25, -0.2) is 4.79 Å². The summed E-state index contributed by atoms with van der Waals surface area (Å²) in [6.07, 6.45) is 7.19. The molecule has 0 heterocycles. The van der Waals surface area contributed by atoms with Gasteiger partial charge in [-0.1, -0.05) is 25.8 Å². The van der Waals surface area contributed by atoms with Crippen molar-refractivity contribution < 1.29 is 23.8 Å². The molecule has 150 valence electrons. The molecule has 1 amide bonds. The Morgan fingerprint density at radius 1 is 1.29 bits per heavy atom. The predicted octanol–water partition coefficient (Wildman–Crippen LogP) is 2.85. The van der Waals surface area contributed by atoms with Crippen molar-refractivity contribution in [2.45, 2.75) is 38.6 Å². The lowest BCUT2D eigenvalue weighted by Crippen LogP contribution is -2.42. The summed E-state index contributed by atoms with van der Waals surface area (Å²) in [6, 6.07) is 7.09. The topological polar surface area (TPSA) is 97.7 Å². The lowest BCUT2D eigenvalue weighted by Gasteiger charge is -2.29. The summed E-state index contributed by atoms with van der Waals surface area (Å²) in [5.41, 5.74) is 0.693. The third-order valence-corrected chi connectivity index (χ3v) is 4.70. The van der Waals surface area contributed by atoms with Crippen LogP contribution in [0.1, 0.15) is 38.2 Å². The molecule has 0 aliphatic heterocycles. The maximum absolute atomic E-state index is 12.0.